The molecule has 1 aromatic carbocycles. The standard InChI is InChI=1S/C13H15BrFN7O/c14-10-2-1-9(7-11(10)15)8-21-3-5-22(6-4-21)13(23)16-12-17-19-20-18-12/h1-2,7H,3-6,8H2,(H2,16,17,18,19,20,23). The number of nitrogens with zero attached hydrogens (tertiary/aromatic N) is 5. The number of carbonyl (C=O) groups excluding carboxylic acids is 1. The summed E-state index contributed by atoms with van der Waals surface area (Å²) in [6, 6.07) is 4.89. The van der Waals surface area contributed by atoms with Gasteiger partial charge in [-0.15, -0.1) is 0 Å². The van der Waals surface area contributed by atoms with Crippen molar-refractivity contribution in [3.8, 4) is 0 Å². The Balaban J connectivity index is 1.50. The molecule has 1 saturated heterocycles. The van der Waals surface area contributed by atoms with E-state index < -0.39 is 0 Å². The van der Waals surface area contributed by atoms with Crippen LogP contribution < -0.4 is 5.32 Å². The number of hydrogen-bond donors (Lipinski definition) is 2. The number of halogens is 2. The van der Waals surface area contributed by atoms with Crippen molar-refractivity contribution in [2.45, 2.75) is 6.54 Å². The van der Waals surface area contributed by atoms with Gasteiger partial charge in [-0.05, 0) is 44.1 Å². The van der Waals surface area contributed by atoms with E-state index in [0.29, 0.717) is 24.1 Å². The van der Waals surface area contributed by atoms with Gasteiger partial charge in [0.15, 0.2) is 0 Å². The Labute approximate surface area is 140 Å². The molecule has 2 heterocycles. The van der Waals surface area contributed by atoms with Crippen LogP contribution in [0.5, 0.6) is 0 Å². The highest BCUT2D eigenvalue weighted by atomic mass is 79.9. The predicted molar refractivity (Wildman–Crippen MR) is 84.1 cm³/mol. The second-order valence-electron chi connectivity index (χ2n) is 5.19. The third-order valence-corrected chi connectivity index (χ3v) is 4.26. The molecule has 23 heavy (non-hydrogen) atoms. The van der Waals surface area contributed by atoms with Crippen LogP contribution in [0.4, 0.5) is 15.1 Å². The highest BCUT2D eigenvalue weighted by Gasteiger charge is 2.22. The number of amides is 2. The molecule has 0 spiro atoms. The fourth-order valence-corrected chi connectivity index (χ4v) is 2.64. The highest BCUT2D eigenvalue weighted by Crippen LogP contribution is 2.18. The minimum atomic E-state index is -0.263. The maximum absolute atomic E-state index is 13.5. The zero-order valence-corrected chi connectivity index (χ0v) is 13.8. The number of H-pyrrole nitrogens is 1. The minimum absolute atomic E-state index is 0.225. The van der Waals surface area contributed by atoms with Crippen LogP contribution in [0.1, 0.15) is 5.56 Å². The van der Waals surface area contributed by atoms with E-state index in [1.54, 1.807) is 11.0 Å². The van der Waals surface area contributed by atoms with Crippen molar-refractivity contribution in [1.82, 2.24) is 30.4 Å². The summed E-state index contributed by atoms with van der Waals surface area (Å²) in [5.74, 6) is -0.0380. The molecular weight excluding hydrogens is 369 g/mol. The third-order valence-electron chi connectivity index (χ3n) is 3.62. The summed E-state index contributed by atoms with van der Waals surface area (Å²) in [5, 5.41) is 15.5. The number of tetrazole rings is 1. The molecule has 8 nitrogen and oxygen atoms in total. The first-order valence-corrected chi connectivity index (χ1v) is 7.87. The molecule has 2 N–H and O–H groups in total. The summed E-state index contributed by atoms with van der Waals surface area (Å²) < 4.78 is 14.0. The molecule has 0 radical (unpaired) electrons. The van der Waals surface area contributed by atoms with Crippen molar-refractivity contribution in [2.75, 3.05) is 31.5 Å². The summed E-state index contributed by atoms with van der Waals surface area (Å²) in [7, 11) is 0. The second kappa shape index (κ2) is 7.01. The number of urea groups is 1. The average molecular weight is 384 g/mol. The van der Waals surface area contributed by atoms with Crippen molar-refractivity contribution in [1.29, 1.82) is 0 Å². The van der Waals surface area contributed by atoms with E-state index in [-0.39, 0.29) is 17.8 Å². The lowest BCUT2D eigenvalue weighted by atomic mass is 10.2. The van der Waals surface area contributed by atoms with E-state index in [1.165, 1.54) is 6.07 Å². The van der Waals surface area contributed by atoms with E-state index in [2.05, 4.69) is 46.8 Å². The number of hydrogen-bond acceptors (Lipinski definition) is 5. The predicted octanol–water partition coefficient (Wildman–Crippen LogP) is 1.45. The molecule has 1 aromatic heterocycles. The van der Waals surface area contributed by atoms with Gasteiger partial charge in [-0.3, -0.25) is 10.2 Å². The van der Waals surface area contributed by atoms with Crippen LogP contribution in [-0.4, -0.2) is 62.6 Å². The van der Waals surface area contributed by atoms with Gasteiger partial charge in [0.2, 0.25) is 5.95 Å². The van der Waals surface area contributed by atoms with Crippen LogP contribution in [0.25, 0.3) is 0 Å². The molecule has 0 bridgehead atoms. The summed E-state index contributed by atoms with van der Waals surface area (Å²) in [6.07, 6.45) is 0. The van der Waals surface area contributed by atoms with Gasteiger partial charge >= 0.3 is 6.03 Å². The minimum Gasteiger partial charge on any atom is -0.322 e. The molecule has 1 aliphatic heterocycles. The largest absolute Gasteiger partial charge is 0.324 e. The number of anilines is 1. The maximum atomic E-state index is 13.5. The van der Waals surface area contributed by atoms with Gasteiger partial charge in [-0.2, -0.15) is 0 Å². The Morgan fingerprint density at radius 3 is 2.78 bits per heavy atom. The number of carbonyl (C=O) groups is 1. The van der Waals surface area contributed by atoms with E-state index in [1.807, 2.05) is 6.07 Å². The summed E-state index contributed by atoms with van der Waals surface area (Å²) in [4.78, 5) is 15.9. The van der Waals surface area contributed by atoms with Gasteiger partial charge in [-0.1, -0.05) is 11.2 Å². The second-order valence-corrected chi connectivity index (χ2v) is 6.05. The average Bonchev–Trinajstić information content (AvgIpc) is 3.04. The fraction of sp³-hybridized carbons (Fsp3) is 0.385. The van der Waals surface area contributed by atoms with Crippen LogP contribution in [0.15, 0.2) is 22.7 Å². The Hall–Kier alpha value is -2.07. The van der Waals surface area contributed by atoms with Gasteiger partial charge in [0.25, 0.3) is 0 Å². The number of nitrogens with one attached hydrogen (secondary N) is 2. The van der Waals surface area contributed by atoms with E-state index in [9.17, 15) is 9.18 Å². The lowest BCUT2D eigenvalue weighted by Crippen LogP contribution is -2.49. The van der Waals surface area contributed by atoms with Gasteiger partial charge < -0.3 is 4.90 Å². The first kappa shape index (κ1) is 15.8. The van der Waals surface area contributed by atoms with Crippen LogP contribution in [0.3, 0.4) is 0 Å². The number of aromatic nitrogens is 4. The Bertz CT molecular complexity index is 673. The fourth-order valence-electron chi connectivity index (χ4n) is 2.40. The molecule has 10 heteroatoms. The zero-order chi connectivity index (χ0) is 16.2. The molecule has 1 fully saturated rings. The van der Waals surface area contributed by atoms with Crippen LogP contribution in [-0.2, 0) is 6.54 Å². The first-order chi connectivity index (χ1) is 11.1. The summed E-state index contributed by atoms with van der Waals surface area (Å²) >= 11 is 3.15. The van der Waals surface area contributed by atoms with Crippen molar-refractivity contribution < 1.29 is 9.18 Å². The van der Waals surface area contributed by atoms with Gasteiger partial charge in [-0.25, -0.2) is 14.3 Å². The molecule has 0 atom stereocenters. The quantitative estimate of drug-likeness (QED) is 0.836. The SMILES string of the molecule is O=C(Nc1nnn[nH]1)N1CCN(Cc2ccc(Br)c(F)c2)CC1. The molecule has 2 amide bonds. The van der Waals surface area contributed by atoms with Crippen molar-refractivity contribution >= 4 is 27.9 Å². The maximum Gasteiger partial charge on any atom is 0.324 e. The van der Waals surface area contributed by atoms with Crippen molar-refractivity contribution in [3.63, 3.8) is 0 Å². The lowest BCUT2D eigenvalue weighted by molar-refractivity contribution is 0.143. The van der Waals surface area contributed by atoms with E-state index >= 15 is 0 Å². The smallest absolute Gasteiger partial charge is 0.322 e. The molecule has 0 saturated carbocycles. The van der Waals surface area contributed by atoms with Gasteiger partial charge in [0, 0.05) is 32.7 Å². The zero-order valence-electron chi connectivity index (χ0n) is 12.2. The molecular formula is C13H15BrFN7O. The van der Waals surface area contributed by atoms with Gasteiger partial charge in [0.05, 0.1) is 4.47 Å². The third kappa shape index (κ3) is 4.02. The number of aromatic amines is 1. The Morgan fingerprint density at radius 2 is 2.13 bits per heavy atom. The molecule has 122 valence electrons. The number of benzene rings is 1. The summed E-state index contributed by atoms with van der Waals surface area (Å²) in [6.45, 7) is 3.28. The van der Waals surface area contributed by atoms with E-state index in [0.717, 1.165) is 18.7 Å². The van der Waals surface area contributed by atoms with Crippen molar-refractivity contribution in [2.24, 2.45) is 0 Å². The Morgan fingerprint density at radius 1 is 1.35 bits per heavy atom. The molecule has 0 aliphatic carbocycles. The molecule has 0 unspecified atom stereocenters. The first-order valence-electron chi connectivity index (χ1n) is 7.08. The topological polar surface area (TPSA) is 90.0 Å². The summed E-state index contributed by atoms with van der Waals surface area (Å²) in [5.41, 5.74) is 0.913. The normalized spacial score (nSPS) is 15.7. The van der Waals surface area contributed by atoms with Crippen LogP contribution in [0, 0.1) is 5.82 Å². The molecule has 1 aliphatic rings. The molecule has 2 aromatic rings. The molecule has 3 rings (SSSR count). The van der Waals surface area contributed by atoms with Crippen molar-refractivity contribution in [3.05, 3.63) is 34.1 Å². The Kier molecular flexibility index (Phi) is 4.82. The number of rotatable bonds is 3. The van der Waals surface area contributed by atoms with Gasteiger partial charge in [0.1, 0.15) is 5.82 Å². The van der Waals surface area contributed by atoms with E-state index in [4.69, 9.17) is 0 Å². The monoisotopic (exact) mass is 383 g/mol. The lowest BCUT2D eigenvalue weighted by Gasteiger charge is -2.34. The van der Waals surface area contributed by atoms with Crippen LogP contribution in [0.2, 0.25) is 0 Å². The van der Waals surface area contributed by atoms with Crippen LogP contribution >= 0.6 is 15.9 Å². The number of piperazine rings is 1. The highest BCUT2D eigenvalue weighted by molar-refractivity contribution is 9.10.